The smallest absolute Gasteiger partial charge is 0.289 e. The molecule has 0 aromatic carbocycles. The molecule has 0 N–H and O–H groups in total. The van der Waals surface area contributed by atoms with Gasteiger partial charge in [0.2, 0.25) is 0 Å². The molecule has 1 amide bonds. The second kappa shape index (κ2) is 8.87. The first-order valence-electron chi connectivity index (χ1n) is 10.9. The van der Waals surface area contributed by atoms with E-state index in [1.54, 1.807) is 4.90 Å². The highest BCUT2D eigenvalue weighted by Crippen LogP contribution is 2.33. The van der Waals surface area contributed by atoms with Gasteiger partial charge in [0.1, 0.15) is 17.2 Å². The molecule has 13 heteroatoms. The van der Waals surface area contributed by atoms with Crippen LogP contribution in [0.25, 0.3) is 27.9 Å². The lowest BCUT2D eigenvalue weighted by atomic mass is 10.2. The van der Waals surface area contributed by atoms with Crippen LogP contribution in [-0.2, 0) is 0 Å². The van der Waals surface area contributed by atoms with Crippen molar-refractivity contribution < 1.29 is 26.7 Å². The first-order valence-corrected chi connectivity index (χ1v) is 10.9. The van der Waals surface area contributed by atoms with Crippen LogP contribution in [0.3, 0.4) is 0 Å². The number of carbonyl (C=O) groups is 1. The molecule has 0 aliphatic carbocycles. The van der Waals surface area contributed by atoms with Crippen molar-refractivity contribution in [2.45, 2.75) is 19.1 Å². The standard InChI is InChI=1S/C22H20F5N7O/c1-31-3-2-4-32(6-5-31)22(35)15-8-16-13(9-28-15)18(30-34(16)20(27)19(25)26)17-10-29-21-14(24)7-12(23)11-33(17)21/h7-11,19-20H,2-6H2,1H3. The molecule has 0 saturated carbocycles. The average molecular weight is 493 g/mol. The first-order chi connectivity index (χ1) is 16.7. The normalized spacial score (nSPS) is 16.4. The molecule has 1 unspecified atom stereocenters. The van der Waals surface area contributed by atoms with Crippen LogP contribution in [0.15, 0.2) is 30.7 Å². The number of alkyl halides is 3. The topological polar surface area (TPSA) is 71.6 Å². The Morgan fingerprint density at radius 3 is 2.60 bits per heavy atom. The number of likely N-dealkylation sites (N-methyl/N-ethyl adjacent to an activating group) is 1. The number of hydrogen-bond acceptors (Lipinski definition) is 5. The average Bonchev–Trinajstić information content (AvgIpc) is 3.33. The Balaban J connectivity index is 1.64. The number of imidazole rings is 1. The Morgan fingerprint density at radius 1 is 1.03 bits per heavy atom. The van der Waals surface area contributed by atoms with E-state index in [1.165, 1.54) is 18.5 Å². The molecule has 35 heavy (non-hydrogen) atoms. The molecular weight excluding hydrogens is 473 g/mol. The van der Waals surface area contributed by atoms with Gasteiger partial charge in [-0.15, -0.1) is 0 Å². The summed E-state index contributed by atoms with van der Waals surface area (Å²) in [4.78, 5) is 24.9. The van der Waals surface area contributed by atoms with Gasteiger partial charge in [0.05, 0.1) is 17.4 Å². The van der Waals surface area contributed by atoms with Gasteiger partial charge in [-0.25, -0.2) is 31.6 Å². The van der Waals surface area contributed by atoms with E-state index in [4.69, 9.17) is 0 Å². The monoisotopic (exact) mass is 493 g/mol. The SMILES string of the molecule is CN1CCCN(C(=O)c2cc3c(cn2)c(-c2cnc4c(F)cc(F)cn24)nn3C(F)C(F)F)CC1. The number of hydrogen-bond donors (Lipinski definition) is 0. The Hall–Kier alpha value is -3.61. The highest BCUT2D eigenvalue weighted by Gasteiger charge is 2.29. The van der Waals surface area contributed by atoms with E-state index in [9.17, 15) is 26.7 Å². The zero-order chi connectivity index (χ0) is 24.9. The van der Waals surface area contributed by atoms with Crippen LogP contribution in [0.5, 0.6) is 0 Å². The first kappa shape index (κ1) is 23.1. The fourth-order valence-electron chi connectivity index (χ4n) is 4.23. The molecule has 1 saturated heterocycles. The highest BCUT2D eigenvalue weighted by molar-refractivity contribution is 5.99. The van der Waals surface area contributed by atoms with Crippen molar-refractivity contribution in [3.05, 3.63) is 48.1 Å². The van der Waals surface area contributed by atoms with Crippen LogP contribution in [0.2, 0.25) is 0 Å². The fraction of sp³-hybridized carbons (Fsp3) is 0.364. The number of fused-ring (bicyclic) bond motifs is 2. The molecule has 4 aromatic rings. The minimum Gasteiger partial charge on any atom is -0.336 e. The third kappa shape index (κ3) is 4.09. The van der Waals surface area contributed by atoms with Crippen LogP contribution in [0.4, 0.5) is 22.0 Å². The third-order valence-electron chi connectivity index (χ3n) is 6.03. The summed E-state index contributed by atoms with van der Waals surface area (Å²) in [6, 6.07) is 1.86. The van der Waals surface area contributed by atoms with E-state index >= 15 is 0 Å². The Kier molecular flexibility index (Phi) is 5.87. The number of nitrogens with zero attached hydrogens (tertiary/aromatic N) is 7. The molecule has 0 radical (unpaired) electrons. The van der Waals surface area contributed by atoms with E-state index in [0.717, 1.165) is 23.6 Å². The van der Waals surface area contributed by atoms with Gasteiger partial charge < -0.3 is 9.80 Å². The van der Waals surface area contributed by atoms with Gasteiger partial charge >= 0.3 is 0 Å². The van der Waals surface area contributed by atoms with E-state index in [-0.39, 0.29) is 33.6 Å². The van der Waals surface area contributed by atoms with Crippen molar-refractivity contribution in [1.29, 1.82) is 0 Å². The largest absolute Gasteiger partial charge is 0.336 e. The molecule has 0 spiro atoms. The van der Waals surface area contributed by atoms with E-state index in [0.29, 0.717) is 30.4 Å². The number of carbonyl (C=O) groups excluding carboxylic acids is 1. The summed E-state index contributed by atoms with van der Waals surface area (Å²) in [6.07, 6.45) is -2.13. The van der Waals surface area contributed by atoms with Gasteiger partial charge in [-0.1, -0.05) is 0 Å². The van der Waals surface area contributed by atoms with Crippen LogP contribution in [0, 0.1) is 11.6 Å². The quantitative estimate of drug-likeness (QED) is 0.407. The van der Waals surface area contributed by atoms with Gasteiger partial charge in [-0.3, -0.25) is 14.2 Å². The molecule has 5 rings (SSSR count). The van der Waals surface area contributed by atoms with E-state index in [1.807, 2.05) is 7.05 Å². The van der Waals surface area contributed by atoms with E-state index in [2.05, 4.69) is 20.0 Å². The second-order valence-corrected chi connectivity index (χ2v) is 8.38. The van der Waals surface area contributed by atoms with Crippen molar-refractivity contribution in [2.24, 2.45) is 0 Å². The zero-order valence-corrected chi connectivity index (χ0v) is 18.5. The van der Waals surface area contributed by atoms with Crippen molar-refractivity contribution in [3.8, 4) is 11.4 Å². The molecule has 1 fully saturated rings. The van der Waals surface area contributed by atoms with Gasteiger partial charge in [0.25, 0.3) is 18.6 Å². The highest BCUT2D eigenvalue weighted by atomic mass is 19.3. The van der Waals surface area contributed by atoms with Gasteiger partial charge in [0, 0.05) is 43.5 Å². The lowest BCUT2D eigenvalue weighted by molar-refractivity contribution is 0.00356. The van der Waals surface area contributed by atoms with Crippen LogP contribution in [0.1, 0.15) is 23.2 Å². The second-order valence-electron chi connectivity index (χ2n) is 8.38. The summed E-state index contributed by atoms with van der Waals surface area (Å²) >= 11 is 0. The summed E-state index contributed by atoms with van der Waals surface area (Å²) < 4.78 is 70.7. The molecular formula is C22H20F5N7O. The molecule has 0 bridgehead atoms. The van der Waals surface area contributed by atoms with E-state index < -0.39 is 30.3 Å². The predicted octanol–water partition coefficient (Wildman–Crippen LogP) is 3.54. The fourth-order valence-corrected chi connectivity index (χ4v) is 4.23. The number of aromatic nitrogens is 5. The lowest BCUT2D eigenvalue weighted by Gasteiger charge is -2.20. The van der Waals surface area contributed by atoms with Crippen LogP contribution < -0.4 is 0 Å². The summed E-state index contributed by atoms with van der Waals surface area (Å²) in [6.45, 7) is 2.44. The lowest BCUT2D eigenvalue weighted by Crippen LogP contribution is -2.35. The van der Waals surface area contributed by atoms with Crippen molar-refractivity contribution >= 4 is 22.5 Å². The minimum atomic E-state index is -3.41. The number of rotatable bonds is 4. The molecule has 1 aliphatic rings. The Labute approximate surface area is 195 Å². The summed E-state index contributed by atoms with van der Waals surface area (Å²) in [5.74, 6) is -2.25. The molecule has 4 aromatic heterocycles. The van der Waals surface area contributed by atoms with Crippen LogP contribution in [-0.4, -0.2) is 79.5 Å². The Bertz CT molecular complexity index is 1420. The molecule has 1 aliphatic heterocycles. The zero-order valence-electron chi connectivity index (χ0n) is 18.5. The summed E-state index contributed by atoms with van der Waals surface area (Å²) in [7, 11) is 1.95. The van der Waals surface area contributed by atoms with Gasteiger partial charge in [-0.2, -0.15) is 5.10 Å². The Morgan fingerprint density at radius 2 is 1.83 bits per heavy atom. The van der Waals surface area contributed by atoms with Crippen LogP contribution >= 0.6 is 0 Å². The summed E-state index contributed by atoms with van der Waals surface area (Å²) in [5, 5.41) is 4.10. The van der Waals surface area contributed by atoms with Crippen molar-refractivity contribution in [1.82, 2.24) is 33.9 Å². The van der Waals surface area contributed by atoms with Gasteiger partial charge in [0.15, 0.2) is 11.5 Å². The number of pyridine rings is 2. The molecule has 8 nitrogen and oxygen atoms in total. The third-order valence-corrected chi connectivity index (χ3v) is 6.03. The maximum absolute atomic E-state index is 14.6. The maximum atomic E-state index is 14.6. The number of amides is 1. The maximum Gasteiger partial charge on any atom is 0.289 e. The predicted molar refractivity (Wildman–Crippen MR) is 116 cm³/mol. The molecule has 1 atom stereocenters. The van der Waals surface area contributed by atoms with Crippen molar-refractivity contribution in [2.75, 3.05) is 33.2 Å². The summed E-state index contributed by atoms with van der Waals surface area (Å²) in [5.41, 5.74) is -0.402. The minimum absolute atomic E-state index is 0.0417. The van der Waals surface area contributed by atoms with Gasteiger partial charge in [-0.05, 0) is 26.1 Å². The molecule has 5 heterocycles. The molecule has 184 valence electrons. The van der Waals surface area contributed by atoms with Crippen molar-refractivity contribution in [3.63, 3.8) is 0 Å². The number of halogens is 5.